The molecule has 0 aliphatic heterocycles. The fraction of sp³-hybridized carbons (Fsp3) is 0.294. The van der Waals surface area contributed by atoms with Crippen LogP contribution in [0.2, 0.25) is 5.02 Å². The van der Waals surface area contributed by atoms with E-state index in [1.165, 1.54) is 4.90 Å². The summed E-state index contributed by atoms with van der Waals surface area (Å²) in [4.78, 5) is 25.6. The van der Waals surface area contributed by atoms with Crippen molar-refractivity contribution in [2.24, 2.45) is 0 Å². The van der Waals surface area contributed by atoms with Crippen molar-refractivity contribution in [1.29, 1.82) is 0 Å². The average molecular weight is 373 g/mol. The standard InChI is InChI=1S/C17H16ClF3N2O2/c1-2-22(9-12-4-3-5-14(18)8-12)16(25)11-23-10-13(17(19,20)21)6-7-15(23)24/h3-8,10H,2,9,11H2,1H3. The van der Waals surface area contributed by atoms with Gasteiger partial charge in [0.1, 0.15) is 6.54 Å². The number of nitrogens with zero attached hydrogens (tertiary/aromatic N) is 2. The Morgan fingerprint density at radius 3 is 2.56 bits per heavy atom. The molecule has 0 radical (unpaired) electrons. The van der Waals surface area contributed by atoms with E-state index in [9.17, 15) is 22.8 Å². The van der Waals surface area contributed by atoms with Crippen LogP contribution in [0.5, 0.6) is 0 Å². The van der Waals surface area contributed by atoms with Crippen LogP contribution < -0.4 is 5.56 Å². The molecule has 0 spiro atoms. The number of hydrogen-bond donors (Lipinski definition) is 0. The van der Waals surface area contributed by atoms with Crippen molar-refractivity contribution in [3.05, 3.63) is 69.1 Å². The lowest BCUT2D eigenvalue weighted by Gasteiger charge is -2.22. The molecule has 8 heteroatoms. The molecule has 0 aliphatic rings. The Kier molecular flexibility index (Phi) is 5.89. The second-order valence-electron chi connectivity index (χ2n) is 5.42. The summed E-state index contributed by atoms with van der Waals surface area (Å²) in [6, 6.07) is 8.45. The van der Waals surface area contributed by atoms with Crippen LogP contribution in [-0.2, 0) is 24.1 Å². The van der Waals surface area contributed by atoms with Gasteiger partial charge in [-0.2, -0.15) is 13.2 Å². The number of likely N-dealkylation sites (N-methyl/N-ethyl adjacent to an activating group) is 1. The van der Waals surface area contributed by atoms with Crippen LogP contribution in [0.3, 0.4) is 0 Å². The van der Waals surface area contributed by atoms with Gasteiger partial charge in [-0.3, -0.25) is 9.59 Å². The van der Waals surface area contributed by atoms with Gasteiger partial charge in [0.2, 0.25) is 5.91 Å². The van der Waals surface area contributed by atoms with Gasteiger partial charge in [-0.15, -0.1) is 0 Å². The molecule has 1 heterocycles. The first-order chi connectivity index (χ1) is 11.7. The number of aromatic nitrogens is 1. The van der Waals surface area contributed by atoms with Crippen LogP contribution in [0.4, 0.5) is 13.2 Å². The summed E-state index contributed by atoms with van der Waals surface area (Å²) in [5, 5.41) is 0.523. The van der Waals surface area contributed by atoms with Crippen LogP contribution in [0.1, 0.15) is 18.1 Å². The first-order valence-electron chi connectivity index (χ1n) is 7.50. The number of hydrogen-bond acceptors (Lipinski definition) is 2. The molecule has 0 bridgehead atoms. The number of pyridine rings is 1. The zero-order valence-corrected chi connectivity index (χ0v) is 14.1. The molecule has 2 aromatic rings. The van der Waals surface area contributed by atoms with Gasteiger partial charge in [-0.1, -0.05) is 23.7 Å². The van der Waals surface area contributed by atoms with Gasteiger partial charge in [0.15, 0.2) is 0 Å². The minimum Gasteiger partial charge on any atom is -0.337 e. The smallest absolute Gasteiger partial charge is 0.337 e. The fourth-order valence-corrected chi connectivity index (χ4v) is 2.51. The minimum atomic E-state index is -4.58. The van der Waals surface area contributed by atoms with E-state index in [0.717, 1.165) is 16.2 Å². The van der Waals surface area contributed by atoms with Gasteiger partial charge in [-0.25, -0.2) is 0 Å². The molecule has 0 N–H and O–H groups in total. The lowest BCUT2D eigenvalue weighted by atomic mass is 10.2. The third-order valence-electron chi connectivity index (χ3n) is 3.61. The Hall–Kier alpha value is -2.28. The van der Waals surface area contributed by atoms with Crippen LogP contribution in [0.25, 0.3) is 0 Å². The molecular weight excluding hydrogens is 357 g/mol. The molecule has 134 valence electrons. The van der Waals surface area contributed by atoms with Crippen molar-refractivity contribution in [2.45, 2.75) is 26.2 Å². The van der Waals surface area contributed by atoms with E-state index in [4.69, 9.17) is 11.6 Å². The molecule has 2 rings (SSSR count). The van der Waals surface area contributed by atoms with E-state index in [1.54, 1.807) is 31.2 Å². The molecular formula is C17H16ClF3N2O2. The van der Waals surface area contributed by atoms with Gasteiger partial charge in [0.05, 0.1) is 5.56 Å². The first kappa shape index (κ1) is 19.1. The largest absolute Gasteiger partial charge is 0.417 e. The van der Waals surface area contributed by atoms with E-state index >= 15 is 0 Å². The summed E-state index contributed by atoms with van der Waals surface area (Å²) in [5.74, 6) is -0.455. The number of carbonyl (C=O) groups is 1. The maximum Gasteiger partial charge on any atom is 0.417 e. The number of amides is 1. The Labute approximate surface area is 147 Å². The molecule has 0 fully saturated rings. The maximum atomic E-state index is 12.8. The van der Waals surface area contributed by atoms with Crippen molar-refractivity contribution < 1.29 is 18.0 Å². The Morgan fingerprint density at radius 1 is 1.24 bits per heavy atom. The number of rotatable bonds is 5. The van der Waals surface area contributed by atoms with E-state index in [2.05, 4.69) is 0 Å². The third-order valence-corrected chi connectivity index (χ3v) is 3.85. The molecule has 1 aromatic heterocycles. The SMILES string of the molecule is CCN(Cc1cccc(Cl)c1)C(=O)Cn1cc(C(F)(F)F)ccc1=O. The van der Waals surface area contributed by atoms with E-state index in [1.807, 2.05) is 0 Å². The second-order valence-corrected chi connectivity index (χ2v) is 5.86. The Balaban J connectivity index is 2.18. The topological polar surface area (TPSA) is 42.3 Å². The normalized spacial score (nSPS) is 11.4. The first-order valence-corrected chi connectivity index (χ1v) is 7.88. The van der Waals surface area contributed by atoms with Gasteiger partial charge < -0.3 is 9.47 Å². The molecule has 1 amide bonds. The van der Waals surface area contributed by atoms with Crippen LogP contribution >= 0.6 is 11.6 Å². The maximum absolute atomic E-state index is 12.8. The monoisotopic (exact) mass is 372 g/mol. The average Bonchev–Trinajstić information content (AvgIpc) is 2.53. The highest BCUT2D eigenvalue weighted by atomic mass is 35.5. The summed E-state index contributed by atoms with van der Waals surface area (Å²) in [6.07, 6.45) is -3.92. The number of alkyl halides is 3. The highest BCUT2D eigenvalue weighted by molar-refractivity contribution is 6.30. The molecule has 0 aliphatic carbocycles. The predicted octanol–water partition coefficient (Wildman–Crippen LogP) is 3.57. The summed E-state index contributed by atoms with van der Waals surface area (Å²) in [7, 11) is 0. The third kappa shape index (κ3) is 5.09. The van der Waals surface area contributed by atoms with Crippen LogP contribution in [-0.4, -0.2) is 21.9 Å². The van der Waals surface area contributed by atoms with Gasteiger partial charge in [0.25, 0.3) is 5.56 Å². The molecule has 25 heavy (non-hydrogen) atoms. The molecule has 1 aromatic carbocycles. The zero-order valence-electron chi connectivity index (χ0n) is 13.4. The highest BCUT2D eigenvalue weighted by Crippen LogP contribution is 2.28. The van der Waals surface area contributed by atoms with Gasteiger partial charge >= 0.3 is 6.18 Å². The van der Waals surface area contributed by atoms with Crippen molar-refractivity contribution in [2.75, 3.05) is 6.54 Å². The van der Waals surface area contributed by atoms with Crippen LogP contribution in [0, 0.1) is 0 Å². The van der Waals surface area contributed by atoms with Crippen molar-refractivity contribution in [3.63, 3.8) is 0 Å². The highest BCUT2D eigenvalue weighted by Gasteiger charge is 2.31. The van der Waals surface area contributed by atoms with E-state index in [-0.39, 0.29) is 6.54 Å². The second kappa shape index (κ2) is 7.74. The zero-order chi connectivity index (χ0) is 18.6. The van der Waals surface area contributed by atoms with Crippen LogP contribution in [0.15, 0.2) is 47.4 Å². The van der Waals surface area contributed by atoms with E-state index in [0.29, 0.717) is 23.8 Å². The summed E-state index contributed by atoms with van der Waals surface area (Å²) in [6.45, 7) is 1.89. The Morgan fingerprint density at radius 2 is 1.96 bits per heavy atom. The van der Waals surface area contributed by atoms with Crippen molar-refractivity contribution in [1.82, 2.24) is 9.47 Å². The lowest BCUT2D eigenvalue weighted by Crippen LogP contribution is -2.36. The molecule has 0 saturated heterocycles. The lowest BCUT2D eigenvalue weighted by molar-refractivity contribution is -0.138. The quantitative estimate of drug-likeness (QED) is 0.805. The molecule has 4 nitrogen and oxygen atoms in total. The predicted molar refractivity (Wildman–Crippen MR) is 88.2 cm³/mol. The minimum absolute atomic E-state index is 0.254. The fourth-order valence-electron chi connectivity index (χ4n) is 2.30. The number of halogens is 4. The van der Waals surface area contributed by atoms with Gasteiger partial charge in [-0.05, 0) is 30.7 Å². The number of carbonyl (C=O) groups excluding carboxylic acids is 1. The van der Waals surface area contributed by atoms with E-state index < -0.39 is 29.8 Å². The summed E-state index contributed by atoms with van der Waals surface area (Å²) in [5.41, 5.74) is -0.850. The Bertz CT molecular complexity index is 818. The molecule has 0 atom stereocenters. The molecule has 0 saturated carbocycles. The van der Waals surface area contributed by atoms with Crippen molar-refractivity contribution >= 4 is 17.5 Å². The van der Waals surface area contributed by atoms with Crippen molar-refractivity contribution in [3.8, 4) is 0 Å². The number of benzene rings is 1. The summed E-state index contributed by atoms with van der Waals surface area (Å²) < 4.78 is 39.1. The van der Waals surface area contributed by atoms with Gasteiger partial charge in [0, 0.05) is 30.4 Å². The summed E-state index contributed by atoms with van der Waals surface area (Å²) >= 11 is 5.91. The molecule has 0 unspecified atom stereocenters.